The van der Waals surface area contributed by atoms with E-state index < -0.39 is 11.9 Å². The van der Waals surface area contributed by atoms with E-state index in [9.17, 15) is 14.4 Å². The van der Waals surface area contributed by atoms with E-state index in [1.807, 2.05) is 43.3 Å². The summed E-state index contributed by atoms with van der Waals surface area (Å²) in [6, 6.07) is 16.7. The molecule has 1 aliphatic rings. The highest BCUT2D eigenvalue weighted by Gasteiger charge is 2.35. The van der Waals surface area contributed by atoms with Crippen LogP contribution in [0.1, 0.15) is 65.1 Å². The Morgan fingerprint density at radius 3 is 2.09 bits per heavy atom. The molecule has 1 heterocycles. The quantitative estimate of drug-likeness (QED) is 0.466. The highest BCUT2D eigenvalue weighted by molar-refractivity contribution is 6.09. The van der Waals surface area contributed by atoms with Gasteiger partial charge in [-0.1, -0.05) is 25.0 Å². The molecule has 35 heavy (non-hydrogen) atoms. The van der Waals surface area contributed by atoms with Crippen molar-refractivity contribution in [2.45, 2.75) is 44.7 Å². The molecule has 1 aromatic heterocycles. The lowest BCUT2D eigenvalue weighted by atomic mass is 10.0. The average Bonchev–Trinajstić information content (AvgIpc) is 3.57. The van der Waals surface area contributed by atoms with Gasteiger partial charge in [-0.2, -0.15) is 0 Å². The SMILES string of the molecule is CC(=O)c1ccc(N(C(=O)c2ccco2)C(C(=O)NC2CCCC2)c2ccc(N(C)C)cc2)cc1. The van der Waals surface area contributed by atoms with Gasteiger partial charge >= 0.3 is 0 Å². The molecule has 0 radical (unpaired) electrons. The third-order valence-electron chi connectivity index (χ3n) is 6.44. The predicted molar refractivity (Wildman–Crippen MR) is 136 cm³/mol. The Hall–Kier alpha value is -3.87. The van der Waals surface area contributed by atoms with Crippen molar-refractivity contribution in [1.82, 2.24) is 5.32 Å². The Kier molecular flexibility index (Phi) is 7.34. The van der Waals surface area contributed by atoms with Crippen molar-refractivity contribution in [1.29, 1.82) is 0 Å². The zero-order chi connectivity index (χ0) is 24.9. The van der Waals surface area contributed by atoms with Crippen molar-refractivity contribution in [3.63, 3.8) is 0 Å². The lowest BCUT2D eigenvalue weighted by Gasteiger charge is -2.32. The number of Topliss-reactive ketones (excluding diaryl/α,β-unsaturated/α-hetero) is 1. The summed E-state index contributed by atoms with van der Waals surface area (Å²) < 4.78 is 5.43. The number of ketones is 1. The fourth-order valence-electron chi connectivity index (χ4n) is 4.48. The number of anilines is 2. The van der Waals surface area contributed by atoms with Crippen LogP contribution in [0.2, 0.25) is 0 Å². The van der Waals surface area contributed by atoms with Gasteiger partial charge < -0.3 is 14.6 Å². The van der Waals surface area contributed by atoms with Crippen LogP contribution < -0.4 is 15.1 Å². The van der Waals surface area contributed by atoms with Gasteiger partial charge in [0.1, 0.15) is 6.04 Å². The number of rotatable bonds is 8. The number of nitrogens with zero attached hydrogens (tertiary/aromatic N) is 2. The van der Waals surface area contributed by atoms with Crippen molar-refractivity contribution in [3.05, 3.63) is 83.8 Å². The molecular formula is C28H31N3O4. The van der Waals surface area contributed by atoms with Crippen LogP contribution in [0.4, 0.5) is 11.4 Å². The first-order valence-corrected chi connectivity index (χ1v) is 11.9. The lowest BCUT2D eigenvalue weighted by molar-refractivity contribution is -0.123. The maximum absolute atomic E-state index is 13.8. The number of nitrogens with one attached hydrogen (secondary N) is 1. The molecule has 2 aromatic carbocycles. The minimum absolute atomic E-state index is 0.0738. The molecule has 3 aromatic rings. The van der Waals surface area contributed by atoms with E-state index in [1.165, 1.54) is 18.1 Å². The van der Waals surface area contributed by atoms with Crippen LogP contribution in [-0.2, 0) is 4.79 Å². The van der Waals surface area contributed by atoms with E-state index in [1.54, 1.807) is 36.4 Å². The van der Waals surface area contributed by atoms with Gasteiger partial charge in [0.15, 0.2) is 11.5 Å². The van der Waals surface area contributed by atoms with Crippen LogP contribution in [0.3, 0.4) is 0 Å². The lowest BCUT2D eigenvalue weighted by Crippen LogP contribution is -2.46. The molecule has 2 amide bonds. The van der Waals surface area contributed by atoms with E-state index in [0.29, 0.717) is 16.8 Å². The summed E-state index contributed by atoms with van der Waals surface area (Å²) in [5, 5.41) is 3.17. The molecule has 1 fully saturated rings. The molecule has 0 bridgehead atoms. The van der Waals surface area contributed by atoms with Crippen LogP contribution in [-0.4, -0.2) is 37.7 Å². The fraction of sp³-hybridized carbons (Fsp3) is 0.321. The Morgan fingerprint density at radius 1 is 0.914 bits per heavy atom. The molecule has 0 saturated heterocycles. The van der Waals surface area contributed by atoms with Gasteiger partial charge in [0.25, 0.3) is 5.91 Å². The maximum Gasteiger partial charge on any atom is 0.294 e. The second-order valence-corrected chi connectivity index (χ2v) is 9.13. The first-order valence-electron chi connectivity index (χ1n) is 11.9. The molecule has 182 valence electrons. The molecule has 1 atom stereocenters. The molecule has 0 spiro atoms. The number of hydrogen-bond acceptors (Lipinski definition) is 5. The van der Waals surface area contributed by atoms with Crippen molar-refractivity contribution >= 4 is 29.0 Å². The smallest absolute Gasteiger partial charge is 0.294 e. The second kappa shape index (κ2) is 10.6. The first-order chi connectivity index (χ1) is 16.8. The van der Waals surface area contributed by atoms with E-state index in [2.05, 4.69) is 5.32 Å². The summed E-state index contributed by atoms with van der Waals surface area (Å²) in [6.45, 7) is 1.49. The van der Waals surface area contributed by atoms with Gasteiger partial charge in [0, 0.05) is 37.1 Å². The summed E-state index contributed by atoms with van der Waals surface area (Å²) in [5.41, 5.74) is 2.70. The van der Waals surface area contributed by atoms with Gasteiger partial charge in [0.05, 0.1) is 6.26 Å². The van der Waals surface area contributed by atoms with E-state index in [4.69, 9.17) is 4.42 Å². The third-order valence-corrected chi connectivity index (χ3v) is 6.44. The number of amides is 2. The molecule has 1 saturated carbocycles. The molecular weight excluding hydrogens is 442 g/mol. The van der Waals surface area contributed by atoms with Gasteiger partial charge in [-0.15, -0.1) is 0 Å². The molecule has 0 aliphatic heterocycles. The molecule has 1 N–H and O–H groups in total. The van der Waals surface area contributed by atoms with E-state index >= 15 is 0 Å². The van der Waals surface area contributed by atoms with Gasteiger partial charge in [0.2, 0.25) is 5.91 Å². The Morgan fingerprint density at radius 2 is 1.54 bits per heavy atom. The fourth-order valence-corrected chi connectivity index (χ4v) is 4.48. The van der Waals surface area contributed by atoms with E-state index in [-0.39, 0.29) is 23.5 Å². The number of carbonyl (C=O) groups is 3. The number of furan rings is 1. The maximum atomic E-state index is 13.8. The second-order valence-electron chi connectivity index (χ2n) is 9.13. The van der Waals surface area contributed by atoms with Crippen molar-refractivity contribution in [2.24, 2.45) is 0 Å². The first kappa shape index (κ1) is 24.3. The minimum Gasteiger partial charge on any atom is -0.459 e. The summed E-state index contributed by atoms with van der Waals surface area (Å²) in [7, 11) is 3.89. The van der Waals surface area contributed by atoms with Crippen molar-refractivity contribution in [2.75, 3.05) is 23.9 Å². The highest BCUT2D eigenvalue weighted by Crippen LogP contribution is 2.32. The van der Waals surface area contributed by atoms with Crippen LogP contribution in [0.25, 0.3) is 0 Å². The minimum atomic E-state index is -0.924. The molecule has 1 aliphatic carbocycles. The Labute approximate surface area is 205 Å². The normalized spacial score (nSPS) is 14.4. The number of hydrogen-bond donors (Lipinski definition) is 1. The number of carbonyl (C=O) groups excluding carboxylic acids is 3. The number of benzene rings is 2. The zero-order valence-corrected chi connectivity index (χ0v) is 20.4. The summed E-state index contributed by atoms with van der Waals surface area (Å²) in [6.07, 6.45) is 5.45. The Balaban J connectivity index is 1.80. The summed E-state index contributed by atoms with van der Waals surface area (Å²) >= 11 is 0. The Bertz CT molecular complexity index is 1160. The third kappa shape index (κ3) is 5.45. The molecule has 7 nitrogen and oxygen atoms in total. The van der Waals surface area contributed by atoms with Crippen molar-refractivity contribution < 1.29 is 18.8 Å². The van der Waals surface area contributed by atoms with Crippen LogP contribution in [0, 0.1) is 0 Å². The molecule has 1 unspecified atom stereocenters. The van der Waals surface area contributed by atoms with Gasteiger partial charge in [-0.3, -0.25) is 19.3 Å². The topological polar surface area (TPSA) is 82.9 Å². The highest BCUT2D eigenvalue weighted by atomic mass is 16.3. The van der Waals surface area contributed by atoms with Gasteiger partial charge in [-0.05, 0) is 73.9 Å². The zero-order valence-electron chi connectivity index (χ0n) is 20.4. The van der Waals surface area contributed by atoms with Gasteiger partial charge in [-0.25, -0.2) is 0 Å². The summed E-state index contributed by atoms with van der Waals surface area (Å²) in [5.74, 6) is -0.627. The average molecular weight is 474 g/mol. The summed E-state index contributed by atoms with van der Waals surface area (Å²) in [4.78, 5) is 42.8. The van der Waals surface area contributed by atoms with E-state index in [0.717, 1.165) is 31.4 Å². The predicted octanol–water partition coefficient (Wildman–Crippen LogP) is 5.00. The monoisotopic (exact) mass is 473 g/mol. The van der Waals surface area contributed by atoms with Crippen LogP contribution in [0.5, 0.6) is 0 Å². The molecule has 7 heteroatoms. The molecule has 4 rings (SSSR count). The van der Waals surface area contributed by atoms with Crippen LogP contribution in [0.15, 0.2) is 71.3 Å². The van der Waals surface area contributed by atoms with Crippen molar-refractivity contribution in [3.8, 4) is 0 Å². The standard InChI is InChI=1S/C28H31N3O4/c1-19(32)20-10-16-24(17-11-20)31(28(34)25-9-6-18-35-25)26(27(33)29-22-7-4-5-8-22)21-12-14-23(15-13-21)30(2)3/h6,9-18,22,26H,4-5,7-8H2,1-3H3,(H,29,33). The van der Waals surface area contributed by atoms with Crippen LogP contribution >= 0.6 is 0 Å². The largest absolute Gasteiger partial charge is 0.459 e.